The number of nitrogens with one attached hydrogen (secondary N) is 2. The van der Waals surface area contributed by atoms with Gasteiger partial charge in [0.25, 0.3) is 5.91 Å². The minimum Gasteiger partial charge on any atom is -0.379 e. The molecule has 6 nitrogen and oxygen atoms in total. The number of morpholine rings is 1. The van der Waals surface area contributed by atoms with E-state index in [0.29, 0.717) is 12.1 Å². The molecular formula is C14H21N3O3. The molecule has 1 amide bonds. The molecule has 0 saturated carbocycles. The van der Waals surface area contributed by atoms with Crippen molar-refractivity contribution in [2.24, 2.45) is 0 Å². The van der Waals surface area contributed by atoms with Crippen LogP contribution in [0.15, 0.2) is 23.1 Å². The zero-order chi connectivity index (χ0) is 14.6. The highest BCUT2D eigenvalue weighted by atomic mass is 16.5. The molecule has 0 spiro atoms. The van der Waals surface area contributed by atoms with Crippen LogP contribution in [0.1, 0.15) is 24.2 Å². The number of amides is 1. The SMILES string of the molecule is CC(C)(CNC(=O)c1cc[nH]c(=O)c1)N1CCOCC1. The first-order valence-electron chi connectivity index (χ1n) is 6.79. The molecule has 20 heavy (non-hydrogen) atoms. The second-order valence-electron chi connectivity index (χ2n) is 5.54. The number of hydrogen-bond donors (Lipinski definition) is 2. The number of aromatic amines is 1. The Labute approximate surface area is 118 Å². The van der Waals surface area contributed by atoms with E-state index < -0.39 is 0 Å². The van der Waals surface area contributed by atoms with Crippen LogP contribution in [0.25, 0.3) is 0 Å². The van der Waals surface area contributed by atoms with E-state index in [1.807, 2.05) is 0 Å². The van der Waals surface area contributed by atoms with Crippen molar-refractivity contribution in [1.82, 2.24) is 15.2 Å². The third kappa shape index (κ3) is 3.68. The van der Waals surface area contributed by atoms with Crippen molar-refractivity contribution in [1.29, 1.82) is 0 Å². The summed E-state index contributed by atoms with van der Waals surface area (Å²) in [7, 11) is 0. The molecule has 2 N–H and O–H groups in total. The number of carbonyl (C=O) groups is 1. The molecule has 2 rings (SSSR count). The van der Waals surface area contributed by atoms with Crippen LogP contribution < -0.4 is 10.9 Å². The van der Waals surface area contributed by atoms with Gasteiger partial charge in [-0.25, -0.2) is 0 Å². The summed E-state index contributed by atoms with van der Waals surface area (Å²) in [6, 6.07) is 2.90. The topological polar surface area (TPSA) is 74.4 Å². The molecule has 1 aliphatic rings. The van der Waals surface area contributed by atoms with Crippen LogP contribution in [0.4, 0.5) is 0 Å². The Bertz CT molecular complexity index is 518. The van der Waals surface area contributed by atoms with Gasteiger partial charge in [0.1, 0.15) is 0 Å². The number of aromatic nitrogens is 1. The average Bonchev–Trinajstić information content (AvgIpc) is 2.46. The van der Waals surface area contributed by atoms with Crippen molar-refractivity contribution in [2.75, 3.05) is 32.8 Å². The lowest BCUT2D eigenvalue weighted by Crippen LogP contribution is -2.55. The fraction of sp³-hybridized carbons (Fsp3) is 0.571. The first-order chi connectivity index (χ1) is 9.49. The van der Waals surface area contributed by atoms with Crippen molar-refractivity contribution >= 4 is 5.91 Å². The van der Waals surface area contributed by atoms with E-state index in [0.717, 1.165) is 26.3 Å². The summed E-state index contributed by atoms with van der Waals surface area (Å²) < 4.78 is 5.34. The molecule has 0 atom stereocenters. The third-order valence-electron chi connectivity index (χ3n) is 3.59. The Hall–Kier alpha value is -1.66. The van der Waals surface area contributed by atoms with Crippen LogP contribution in [-0.2, 0) is 4.74 Å². The van der Waals surface area contributed by atoms with Crippen LogP contribution in [-0.4, -0.2) is 54.2 Å². The summed E-state index contributed by atoms with van der Waals surface area (Å²) in [6.45, 7) is 7.91. The monoisotopic (exact) mass is 279 g/mol. The highest BCUT2D eigenvalue weighted by Crippen LogP contribution is 2.15. The van der Waals surface area contributed by atoms with Gasteiger partial charge in [-0.15, -0.1) is 0 Å². The summed E-state index contributed by atoms with van der Waals surface area (Å²) in [6.07, 6.45) is 1.48. The second kappa shape index (κ2) is 6.19. The molecule has 1 fully saturated rings. The first kappa shape index (κ1) is 14.7. The van der Waals surface area contributed by atoms with Crippen molar-refractivity contribution in [3.05, 3.63) is 34.2 Å². The molecule has 0 bridgehead atoms. The average molecular weight is 279 g/mol. The Kier molecular flexibility index (Phi) is 4.57. The highest BCUT2D eigenvalue weighted by molar-refractivity contribution is 5.93. The lowest BCUT2D eigenvalue weighted by Gasteiger charge is -2.40. The number of pyridine rings is 1. The van der Waals surface area contributed by atoms with Gasteiger partial charge in [0, 0.05) is 43.0 Å². The zero-order valence-electron chi connectivity index (χ0n) is 11.9. The Morgan fingerprint density at radius 3 is 2.80 bits per heavy atom. The number of hydrogen-bond acceptors (Lipinski definition) is 4. The van der Waals surface area contributed by atoms with Crippen LogP contribution in [0.3, 0.4) is 0 Å². The van der Waals surface area contributed by atoms with E-state index in [2.05, 4.69) is 29.0 Å². The van der Waals surface area contributed by atoms with Crippen molar-refractivity contribution in [2.45, 2.75) is 19.4 Å². The second-order valence-corrected chi connectivity index (χ2v) is 5.54. The summed E-state index contributed by atoms with van der Waals surface area (Å²) in [5, 5.41) is 2.89. The van der Waals surface area contributed by atoms with Crippen molar-refractivity contribution in [3.8, 4) is 0 Å². The predicted octanol–water partition coefficient (Wildman–Crippen LogP) is 0.216. The molecule has 0 radical (unpaired) electrons. The van der Waals surface area contributed by atoms with Crippen LogP contribution >= 0.6 is 0 Å². The first-order valence-corrected chi connectivity index (χ1v) is 6.79. The normalized spacial score (nSPS) is 16.9. The summed E-state index contributed by atoms with van der Waals surface area (Å²) in [4.78, 5) is 28.0. The molecule has 110 valence electrons. The Morgan fingerprint density at radius 1 is 1.45 bits per heavy atom. The van der Waals surface area contributed by atoms with E-state index >= 15 is 0 Å². The maximum absolute atomic E-state index is 12.0. The number of nitrogens with zero attached hydrogens (tertiary/aromatic N) is 1. The maximum atomic E-state index is 12.0. The fourth-order valence-corrected chi connectivity index (χ4v) is 2.26. The summed E-state index contributed by atoms with van der Waals surface area (Å²) >= 11 is 0. The third-order valence-corrected chi connectivity index (χ3v) is 3.59. The number of H-pyrrole nitrogens is 1. The van der Waals surface area contributed by atoms with Crippen molar-refractivity contribution in [3.63, 3.8) is 0 Å². The predicted molar refractivity (Wildman–Crippen MR) is 75.9 cm³/mol. The molecule has 1 aromatic rings. The maximum Gasteiger partial charge on any atom is 0.251 e. The van der Waals surface area contributed by atoms with Gasteiger partial charge in [0.05, 0.1) is 13.2 Å². The lowest BCUT2D eigenvalue weighted by molar-refractivity contribution is -0.00923. The molecule has 1 aromatic heterocycles. The van der Waals surface area contributed by atoms with Gasteiger partial charge in [0.2, 0.25) is 5.56 Å². The summed E-state index contributed by atoms with van der Waals surface area (Å²) in [5.41, 5.74) is -0.0303. The van der Waals surface area contributed by atoms with Gasteiger partial charge < -0.3 is 15.0 Å². The molecule has 1 aliphatic heterocycles. The van der Waals surface area contributed by atoms with Gasteiger partial charge in [-0.2, -0.15) is 0 Å². The largest absolute Gasteiger partial charge is 0.379 e. The van der Waals surface area contributed by atoms with E-state index in [-0.39, 0.29) is 17.0 Å². The molecule has 6 heteroatoms. The van der Waals surface area contributed by atoms with E-state index in [4.69, 9.17) is 4.74 Å². The fourth-order valence-electron chi connectivity index (χ4n) is 2.26. The minimum atomic E-state index is -0.273. The Balaban J connectivity index is 1.93. The molecule has 0 aromatic carbocycles. The van der Waals surface area contributed by atoms with E-state index in [1.54, 1.807) is 6.07 Å². The quantitative estimate of drug-likeness (QED) is 0.826. The van der Waals surface area contributed by atoms with Gasteiger partial charge in [-0.3, -0.25) is 14.5 Å². The van der Waals surface area contributed by atoms with E-state index in [1.165, 1.54) is 12.3 Å². The summed E-state index contributed by atoms with van der Waals surface area (Å²) in [5.74, 6) is -0.225. The number of carbonyl (C=O) groups excluding carboxylic acids is 1. The molecule has 0 aliphatic carbocycles. The van der Waals surface area contributed by atoms with Crippen LogP contribution in [0, 0.1) is 0 Å². The standard InChI is InChI=1S/C14H21N3O3/c1-14(2,17-5-7-20-8-6-17)10-16-13(19)11-3-4-15-12(18)9-11/h3-4,9H,5-8,10H2,1-2H3,(H,15,18)(H,16,19). The molecular weight excluding hydrogens is 258 g/mol. The van der Waals surface area contributed by atoms with Crippen LogP contribution in [0.2, 0.25) is 0 Å². The van der Waals surface area contributed by atoms with Gasteiger partial charge >= 0.3 is 0 Å². The van der Waals surface area contributed by atoms with Gasteiger partial charge in [0.15, 0.2) is 0 Å². The minimum absolute atomic E-state index is 0.138. The lowest BCUT2D eigenvalue weighted by atomic mass is 10.0. The molecule has 1 saturated heterocycles. The van der Waals surface area contributed by atoms with E-state index in [9.17, 15) is 9.59 Å². The van der Waals surface area contributed by atoms with Crippen LogP contribution in [0.5, 0.6) is 0 Å². The van der Waals surface area contributed by atoms with Crippen molar-refractivity contribution < 1.29 is 9.53 Å². The smallest absolute Gasteiger partial charge is 0.251 e. The Morgan fingerprint density at radius 2 is 2.15 bits per heavy atom. The highest BCUT2D eigenvalue weighted by Gasteiger charge is 2.28. The van der Waals surface area contributed by atoms with Gasteiger partial charge in [-0.05, 0) is 19.9 Å². The molecule has 0 unspecified atom stereocenters. The number of rotatable bonds is 4. The van der Waals surface area contributed by atoms with Gasteiger partial charge in [-0.1, -0.05) is 0 Å². The zero-order valence-corrected chi connectivity index (χ0v) is 11.9. The number of ether oxygens (including phenoxy) is 1. The molecule has 2 heterocycles.